The number of ether oxygens (including phenoxy) is 1. The van der Waals surface area contributed by atoms with Crippen molar-refractivity contribution in [1.82, 2.24) is 10.6 Å². The van der Waals surface area contributed by atoms with Crippen molar-refractivity contribution in [2.45, 2.75) is 52.8 Å². The molecule has 1 rings (SSSR count). The number of hydrogen-bond acceptors (Lipinski definition) is 3. The summed E-state index contributed by atoms with van der Waals surface area (Å²) < 4.78 is 5.82. The molecule has 1 amide bonds. The molecule has 1 aromatic rings. The van der Waals surface area contributed by atoms with Crippen LogP contribution in [0.2, 0.25) is 5.02 Å². The van der Waals surface area contributed by atoms with Crippen LogP contribution in [0.3, 0.4) is 0 Å². The summed E-state index contributed by atoms with van der Waals surface area (Å²) in [6.07, 6.45) is -0.554. The van der Waals surface area contributed by atoms with Crippen LogP contribution in [0.25, 0.3) is 0 Å². The van der Waals surface area contributed by atoms with Gasteiger partial charge in [-0.15, -0.1) is 0 Å². The van der Waals surface area contributed by atoms with Crippen LogP contribution in [0.15, 0.2) is 18.2 Å². The van der Waals surface area contributed by atoms with Gasteiger partial charge in [-0.25, -0.2) is 0 Å². The molecule has 118 valence electrons. The predicted molar refractivity (Wildman–Crippen MR) is 86.9 cm³/mol. The van der Waals surface area contributed by atoms with Crippen LogP contribution in [0.4, 0.5) is 0 Å². The molecule has 21 heavy (non-hydrogen) atoms. The number of rotatable bonds is 7. The molecule has 0 aliphatic rings. The van der Waals surface area contributed by atoms with Crippen molar-refractivity contribution in [3.8, 4) is 5.75 Å². The molecule has 2 atom stereocenters. The third-order valence-corrected chi connectivity index (χ3v) is 3.29. The molecular weight excluding hydrogens is 288 g/mol. The van der Waals surface area contributed by atoms with Crippen LogP contribution in [0, 0.1) is 0 Å². The van der Waals surface area contributed by atoms with Crippen molar-refractivity contribution >= 4 is 17.5 Å². The van der Waals surface area contributed by atoms with Gasteiger partial charge in [-0.05, 0) is 52.4 Å². The lowest BCUT2D eigenvalue weighted by Crippen LogP contribution is -2.40. The van der Waals surface area contributed by atoms with E-state index in [1.165, 1.54) is 0 Å². The van der Waals surface area contributed by atoms with Crippen molar-refractivity contribution < 1.29 is 9.53 Å². The highest BCUT2D eigenvalue weighted by molar-refractivity contribution is 6.30. The van der Waals surface area contributed by atoms with E-state index in [-0.39, 0.29) is 18.0 Å². The highest BCUT2D eigenvalue weighted by Gasteiger charge is 2.19. The Morgan fingerprint density at radius 1 is 1.29 bits per heavy atom. The Morgan fingerprint density at radius 2 is 1.95 bits per heavy atom. The van der Waals surface area contributed by atoms with Gasteiger partial charge in [0, 0.05) is 22.7 Å². The fraction of sp³-hybridized carbons (Fsp3) is 0.562. The second-order valence-corrected chi connectivity index (χ2v) is 5.82. The van der Waals surface area contributed by atoms with E-state index < -0.39 is 6.10 Å². The number of carbonyl (C=O) groups is 1. The molecule has 0 fully saturated rings. The highest BCUT2D eigenvalue weighted by atomic mass is 35.5. The Morgan fingerprint density at radius 3 is 2.52 bits per heavy atom. The lowest BCUT2D eigenvalue weighted by atomic mass is 10.1. The van der Waals surface area contributed by atoms with Gasteiger partial charge in [-0.2, -0.15) is 0 Å². The zero-order valence-corrected chi connectivity index (χ0v) is 14.1. The summed E-state index contributed by atoms with van der Waals surface area (Å²) in [6.45, 7) is 10.5. The van der Waals surface area contributed by atoms with Crippen molar-refractivity contribution in [2.75, 3.05) is 6.54 Å². The molecule has 0 aromatic heterocycles. The SMILES string of the molecule is CCNC(C)c1cc(Cl)ccc1OC(C)C(=O)NC(C)C. The molecule has 0 saturated carbocycles. The summed E-state index contributed by atoms with van der Waals surface area (Å²) in [4.78, 5) is 12.0. The summed E-state index contributed by atoms with van der Waals surface area (Å²) >= 11 is 6.07. The molecular formula is C16H25ClN2O2. The van der Waals surface area contributed by atoms with E-state index in [0.717, 1.165) is 12.1 Å². The second kappa shape index (κ2) is 8.25. The van der Waals surface area contributed by atoms with Gasteiger partial charge in [0.1, 0.15) is 5.75 Å². The molecule has 2 unspecified atom stereocenters. The van der Waals surface area contributed by atoms with E-state index in [1.807, 2.05) is 39.8 Å². The minimum atomic E-state index is -0.554. The third-order valence-electron chi connectivity index (χ3n) is 3.05. The smallest absolute Gasteiger partial charge is 0.260 e. The van der Waals surface area contributed by atoms with Crippen LogP contribution in [0.1, 0.15) is 46.2 Å². The fourth-order valence-corrected chi connectivity index (χ4v) is 2.21. The normalized spacial score (nSPS) is 13.9. The first-order valence-corrected chi connectivity index (χ1v) is 7.72. The molecule has 0 aliphatic heterocycles. The van der Waals surface area contributed by atoms with Crippen LogP contribution >= 0.6 is 11.6 Å². The van der Waals surface area contributed by atoms with Crippen LogP contribution in [-0.2, 0) is 4.79 Å². The zero-order chi connectivity index (χ0) is 16.0. The number of hydrogen-bond donors (Lipinski definition) is 2. The van der Waals surface area contributed by atoms with E-state index in [4.69, 9.17) is 16.3 Å². The second-order valence-electron chi connectivity index (χ2n) is 5.38. The maximum absolute atomic E-state index is 12.0. The quantitative estimate of drug-likeness (QED) is 0.812. The third kappa shape index (κ3) is 5.56. The largest absolute Gasteiger partial charge is 0.481 e. The van der Waals surface area contributed by atoms with E-state index in [0.29, 0.717) is 10.8 Å². The average Bonchev–Trinajstić information content (AvgIpc) is 2.40. The van der Waals surface area contributed by atoms with E-state index in [1.54, 1.807) is 13.0 Å². The Balaban J connectivity index is 2.89. The number of benzene rings is 1. The molecule has 4 nitrogen and oxygen atoms in total. The summed E-state index contributed by atoms with van der Waals surface area (Å²) in [5.74, 6) is 0.557. The first-order valence-electron chi connectivity index (χ1n) is 7.35. The summed E-state index contributed by atoms with van der Waals surface area (Å²) in [7, 11) is 0. The van der Waals surface area contributed by atoms with E-state index >= 15 is 0 Å². The summed E-state index contributed by atoms with van der Waals surface area (Å²) in [6, 6.07) is 5.65. The molecule has 1 aromatic carbocycles. The summed E-state index contributed by atoms with van der Waals surface area (Å²) in [5, 5.41) is 6.82. The minimum Gasteiger partial charge on any atom is -0.481 e. The van der Waals surface area contributed by atoms with Crippen LogP contribution in [0.5, 0.6) is 5.75 Å². The summed E-state index contributed by atoms with van der Waals surface area (Å²) in [5.41, 5.74) is 0.952. The molecule has 0 radical (unpaired) electrons. The maximum atomic E-state index is 12.0. The lowest BCUT2D eigenvalue weighted by molar-refractivity contribution is -0.127. The minimum absolute atomic E-state index is 0.0916. The standard InChI is InChI=1S/C16H25ClN2O2/c1-6-18-11(4)14-9-13(17)7-8-15(14)21-12(5)16(20)19-10(2)3/h7-12,18H,6H2,1-5H3,(H,19,20). The fourth-order valence-electron chi connectivity index (χ4n) is 2.03. The van der Waals surface area contributed by atoms with Gasteiger partial charge in [0.15, 0.2) is 6.10 Å². The van der Waals surface area contributed by atoms with Crippen molar-refractivity contribution in [3.63, 3.8) is 0 Å². The van der Waals surface area contributed by atoms with Crippen LogP contribution in [-0.4, -0.2) is 24.6 Å². The topological polar surface area (TPSA) is 50.4 Å². The Kier molecular flexibility index (Phi) is 6.99. The number of nitrogens with one attached hydrogen (secondary N) is 2. The first-order chi connectivity index (χ1) is 9.85. The Bertz CT molecular complexity index is 477. The molecule has 0 saturated heterocycles. The van der Waals surface area contributed by atoms with E-state index in [9.17, 15) is 4.79 Å². The van der Waals surface area contributed by atoms with Gasteiger partial charge >= 0.3 is 0 Å². The maximum Gasteiger partial charge on any atom is 0.260 e. The van der Waals surface area contributed by atoms with Crippen LogP contribution < -0.4 is 15.4 Å². The van der Waals surface area contributed by atoms with Crippen molar-refractivity contribution in [1.29, 1.82) is 0 Å². The lowest BCUT2D eigenvalue weighted by Gasteiger charge is -2.21. The monoisotopic (exact) mass is 312 g/mol. The average molecular weight is 313 g/mol. The molecule has 0 spiro atoms. The molecule has 5 heteroatoms. The number of halogens is 1. The van der Waals surface area contributed by atoms with Gasteiger partial charge in [0.05, 0.1) is 0 Å². The van der Waals surface area contributed by atoms with Gasteiger partial charge in [-0.1, -0.05) is 18.5 Å². The molecule has 0 bridgehead atoms. The molecule has 0 heterocycles. The van der Waals surface area contributed by atoms with Gasteiger partial charge in [0.2, 0.25) is 0 Å². The number of carbonyl (C=O) groups excluding carboxylic acids is 1. The molecule has 2 N–H and O–H groups in total. The van der Waals surface area contributed by atoms with Gasteiger partial charge in [0.25, 0.3) is 5.91 Å². The molecule has 0 aliphatic carbocycles. The zero-order valence-electron chi connectivity index (χ0n) is 13.4. The Hall–Kier alpha value is -1.26. The Labute approximate surface area is 132 Å². The predicted octanol–water partition coefficient (Wildman–Crippen LogP) is 3.30. The first kappa shape index (κ1) is 17.8. The van der Waals surface area contributed by atoms with Crippen molar-refractivity contribution in [3.05, 3.63) is 28.8 Å². The highest BCUT2D eigenvalue weighted by Crippen LogP contribution is 2.29. The van der Waals surface area contributed by atoms with Gasteiger partial charge in [-0.3, -0.25) is 4.79 Å². The van der Waals surface area contributed by atoms with Gasteiger partial charge < -0.3 is 15.4 Å². The van der Waals surface area contributed by atoms with Crippen molar-refractivity contribution in [2.24, 2.45) is 0 Å². The van der Waals surface area contributed by atoms with E-state index in [2.05, 4.69) is 10.6 Å². The number of amides is 1.